The molecular weight excluding hydrogens is 293 g/mol. The Labute approximate surface area is 119 Å². The van der Waals surface area contributed by atoms with E-state index in [1.807, 2.05) is 0 Å². The SMILES string of the molecule is CC(C)=C1OC(=O)N(c2cc(O)c(Cl)cc2Cl)C1=O. The minimum atomic E-state index is -0.871. The van der Waals surface area contributed by atoms with Crippen LogP contribution >= 0.6 is 23.2 Å². The van der Waals surface area contributed by atoms with Gasteiger partial charge in [-0.05, 0) is 25.5 Å². The number of amides is 2. The van der Waals surface area contributed by atoms with E-state index in [4.69, 9.17) is 27.9 Å². The summed E-state index contributed by atoms with van der Waals surface area (Å²) in [5, 5.41) is 9.62. The lowest BCUT2D eigenvalue weighted by molar-refractivity contribution is -0.114. The molecule has 0 unspecified atom stereocenters. The maximum absolute atomic E-state index is 12.1. The van der Waals surface area contributed by atoms with Crippen molar-refractivity contribution in [1.82, 2.24) is 0 Å². The fourth-order valence-electron chi connectivity index (χ4n) is 1.58. The molecular formula is C12H9Cl2NO4. The molecule has 1 heterocycles. The van der Waals surface area contributed by atoms with Gasteiger partial charge in [-0.25, -0.2) is 9.69 Å². The van der Waals surface area contributed by atoms with Crippen LogP contribution in [0.1, 0.15) is 13.8 Å². The Morgan fingerprint density at radius 1 is 1.21 bits per heavy atom. The van der Waals surface area contributed by atoms with Gasteiger partial charge in [-0.1, -0.05) is 23.2 Å². The van der Waals surface area contributed by atoms with Crippen molar-refractivity contribution in [1.29, 1.82) is 0 Å². The molecule has 100 valence electrons. The average molecular weight is 302 g/mol. The molecule has 5 nitrogen and oxygen atoms in total. The van der Waals surface area contributed by atoms with Gasteiger partial charge in [0.25, 0.3) is 0 Å². The summed E-state index contributed by atoms with van der Waals surface area (Å²) in [7, 11) is 0. The standard InChI is InChI=1S/C12H9Cl2NO4/c1-5(2)10-11(17)15(12(18)19-10)8-4-9(16)7(14)3-6(8)13/h3-4,16H,1-2H3. The van der Waals surface area contributed by atoms with Gasteiger partial charge in [0.15, 0.2) is 5.76 Å². The smallest absolute Gasteiger partial charge is 0.427 e. The van der Waals surface area contributed by atoms with Crippen LogP contribution in [0.15, 0.2) is 23.5 Å². The highest BCUT2D eigenvalue weighted by Crippen LogP contribution is 2.38. The van der Waals surface area contributed by atoms with Crippen molar-refractivity contribution in [2.24, 2.45) is 0 Å². The van der Waals surface area contributed by atoms with E-state index < -0.39 is 12.0 Å². The molecule has 1 N–H and O–H groups in total. The molecule has 1 aromatic carbocycles. The summed E-state index contributed by atoms with van der Waals surface area (Å²) in [5.41, 5.74) is 0.588. The Morgan fingerprint density at radius 3 is 2.37 bits per heavy atom. The number of phenols is 1. The van der Waals surface area contributed by atoms with E-state index >= 15 is 0 Å². The number of carbonyl (C=O) groups excluding carboxylic acids is 2. The summed E-state index contributed by atoms with van der Waals surface area (Å²) in [5.74, 6) is -0.962. The monoisotopic (exact) mass is 301 g/mol. The second kappa shape index (κ2) is 4.75. The summed E-state index contributed by atoms with van der Waals surface area (Å²) in [6, 6.07) is 2.38. The van der Waals surface area contributed by atoms with Crippen LogP contribution in [0.2, 0.25) is 10.0 Å². The Kier molecular flexibility index (Phi) is 3.43. The number of halogens is 2. The lowest BCUT2D eigenvalue weighted by Gasteiger charge is -2.13. The van der Waals surface area contributed by atoms with Crippen LogP contribution in [-0.2, 0) is 9.53 Å². The molecule has 0 saturated carbocycles. The fourth-order valence-corrected chi connectivity index (χ4v) is 2.05. The highest BCUT2D eigenvalue weighted by atomic mass is 35.5. The van der Waals surface area contributed by atoms with Gasteiger partial charge in [-0.3, -0.25) is 4.79 Å². The molecule has 0 aromatic heterocycles. The van der Waals surface area contributed by atoms with E-state index in [1.54, 1.807) is 13.8 Å². The molecule has 2 amide bonds. The van der Waals surface area contributed by atoms with Gasteiger partial charge in [0, 0.05) is 6.07 Å². The molecule has 0 radical (unpaired) electrons. The molecule has 0 aliphatic carbocycles. The largest absolute Gasteiger partial charge is 0.506 e. The zero-order valence-corrected chi connectivity index (χ0v) is 11.5. The lowest BCUT2D eigenvalue weighted by Crippen LogP contribution is -2.28. The topological polar surface area (TPSA) is 66.8 Å². The molecule has 1 saturated heterocycles. The minimum Gasteiger partial charge on any atom is -0.506 e. The first-order valence-corrected chi connectivity index (χ1v) is 6.00. The van der Waals surface area contributed by atoms with E-state index in [1.165, 1.54) is 6.07 Å². The van der Waals surface area contributed by atoms with Gasteiger partial charge in [-0.2, -0.15) is 0 Å². The number of nitrogens with zero attached hydrogens (tertiary/aromatic N) is 1. The van der Waals surface area contributed by atoms with Crippen LogP contribution in [-0.4, -0.2) is 17.1 Å². The Hall–Kier alpha value is -1.72. The predicted octanol–water partition coefficient (Wildman–Crippen LogP) is 3.48. The summed E-state index contributed by atoms with van der Waals surface area (Å²) < 4.78 is 4.87. The van der Waals surface area contributed by atoms with Crippen LogP contribution in [0.5, 0.6) is 5.75 Å². The van der Waals surface area contributed by atoms with Gasteiger partial charge in [0.05, 0.1) is 15.7 Å². The molecule has 0 spiro atoms. The van der Waals surface area contributed by atoms with Crippen molar-refractivity contribution in [2.45, 2.75) is 13.8 Å². The number of carbonyl (C=O) groups is 2. The van der Waals surface area contributed by atoms with E-state index in [2.05, 4.69) is 0 Å². The number of phenolic OH excluding ortho intramolecular Hbond substituents is 1. The molecule has 7 heteroatoms. The van der Waals surface area contributed by atoms with Crippen LogP contribution in [0, 0.1) is 0 Å². The maximum Gasteiger partial charge on any atom is 0.427 e. The number of anilines is 1. The highest BCUT2D eigenvalue weighted by Gasteiger charge is 2.39. The van der Waals surface area contributed by atoms with E-state index in [9.17, 15) is 14.7 Å². The Bertz CT molecular complexity index is 620. The van der Waals surface area contributed by atoms with E-state index in [0.29, 0.717) is 5.57 Å². The number of benzene rings is 1. The zero-order chi connectivity index (χ0) is 14.3. The number of cyclic esters (lactones) is 1. The van der Waals surface area contributed by atoms with Crippen molar-refractivity contribution in [3.8, 4) is 5.75 Å². The first-order chi connectivity index (χ1) is 8.82. The number of aromatic hydroxyl groups is 1. The van der Waals surface area contributed by atoms with Crippen molar-refractivity contribution < 1.29 is 19.4 Å². The summed E-state index contributed by atoms with van der Waals surface area (Å²) >= 11 is 11.6. The molecule has 19 heavy (non-hydrogen) atoms. The number of imide groups is 1. The Morgan fingerprint density at radius 2 is 1.84 bits per heavy atom. The van der Waals surface area contributed by atoms with Crippen molar-refractivity contribution in [3.05, 3.63) is 33.5 Å². The van der Waals surface area contributed by atoms with Gasteiger partial charge in [-0.15, -0.1) is 0 Å². The van der Waals surface area contributed by atoms with E-state index in [-0.39, 0.29) is 27.2 Å². The van der Waals surface area contributed by atoms with Crippen LogP contribution in [0.4, 0.5) is 10.5 Å². The third kappa shape index (κ3) is 2.27. The average Bonchev–Trinajstić information content (AvgIpc) is 2.60. The summed E-state index contributed by atoms with van der Waals surface area (Å²) in [4.78, 5) is 24.5. The van der Waals surface area contributed by atoms with E-state index in [0.717, 1.165) is 11.0 Å². The number of hydrogen-bond donors (Lipinski definition) is 1. The Balaban J connectivity index is 2.55. The molecule has 1 aromatic rings. The third-order valence-corrected chi connectivity index (χ3v) is 3.09. The maximum atomic E-state index is 12.1. The van der Waals surface area contributed by atoms with Gasteiger partial charge in [0.1, 0.15) is 5.75 Å². The van der Waals surface area contributed by atoms with Crippen molar-refractivity contribution in [3.63, 3.8) is 0 Å². The highest BCUT2D eigenvalue weighted by molar-refractivity contribution is 6.39. The first kappa shape index (κ1) is 13.7. The van der Waals surface area contributed by atoms with Crippen LogP contribution in [0.25, 0.3) is 0 Å². The molecule has 1 aliphatic heterocycles. The zero-order valence-electron chi connectivity index (χ0n) is 10.0. The second-order valence-electron chi connectivity index (χ2n) is 4.09. The molecule has 0 bridgehead atoms. The molecule has 2 rings (SSSR count). The van der Waals surface area contributed by atoms with Crippen LogP contribution < -0.4 is 4.90 Å². The number of hydrogen-bond acceptors (Lipinski definition) is 4. The number of allylic oxidation sites excluding steroid dienone is 1. The van der Waals surface area contributed by atoms with Gasteiger partial charge >= 0.3 is 12.0 Å². The second-order valence-corrected chi connectivity index (χ2v) is 4.91. The number of ether oxygens (including phenoxy) is 1. The number of rotatable bonds is 1. The fraction of sp³-hybridized carbons (Fsp3) is 0.167. The van der Waals surface area contributed by atoms with Gasteiger partial charge < -0.3 is 9.84 Å². The third-order valence-electron chi connectivity index (χ3n) is 2.48. The van der Waals surface area contributed by atoms with Crippen molar-refractivity contribution in [2.75, 3.05) is 4.90 Å². The molecule has 1 fully saturated rings. The normalized spacial score (nSPS) is 14.9. The van der Waals surface area contributed by atoms with Crippen molar-refractivity contribution >= 4 is 40.9 Å². The molecule has 1 aliphatic rings. The van der Waals surface area contributed by atoms with Crippen LogP contribution in [0.3, 0.4) is 0 Å². The first-order valence-electron chi connectivity index (χ1n) is 5.24. The summed E-state index contributed by atoms with van der Waals surface area (Å²) in [6.07, 6.45) is -0.871. The molecule has 0 atom stereocenters. The minimum absolute atomic E-state index is 0.0230. The van der Waals surface area contributed by atoms with Gasteiger partial charge in [0.2, 0.25) is 0 Å². The predicted molar refractivity (Wildman–Crippen MR) is 70.5 cm³/mol. The lowest BCUT2D eigenvalue weighted by atomic mass is 10.2. The quantitative estimate of drug-likeness (QED) is 0.807. The summed E-state index contributed by atoms with van der Waals surface area (Å²) in [6.45, 7) is 3.29.